The lowest BCUT2D eigenvalue weighted by molar-refractivity contribution is 0.470. The molecule has 0 spiro atoms. The van der Waals surface area contributed by atoms with Gasteiger partial charge in [0.1, 0.15) is 17.3 Å². The van der Waals surface area contributed by atoms with E-state index in [9.17, 15) is 0 Å². The van der Waals surface area contributed by atoms with Crippen molar-refractivity contribution in [3.8, 4) is 0 Å². The molecule has 0 saturated heterocycles. The first-order valence-corrected chi connectivity index (χ1v) is 7.26. The second-order valence-corrected chi connectivity index (χ2v) is 5.58. The second kappa shape index (κ2) is 5.02. The summed E-state index contributed by atoms with van der Waals surface area (Å²) in [6, 6.07) is 9.96. The summed E-state index contributed by atoms with van der Waals surface area (Å²) in [5.41, 5.74) is 2.00. The predicted octanol–water partition coefficient (Wildman–Crippen LogP) is 4.49. The van der Waals surface area contributed by atoms with Crippen LogP contribution in [0.5, 0.6) is 0 Å². The number of furan rings is 1. The molecule has 0 bridgehead atoms. The predicted molar refractivity (Wildman–Crippen MR) is 79.5 cm³/mol. The van der Waals surface area contributed by atoms with E-state index in [0.29, 0.717) is 12.4 Å². The Balaban J connectivity index is 2.12. The number of aromatic nitrogens is 2. The molecule has 0 atom stereocenters. The Morgan fingerprint density at radius 2 is 2.16 bits per heavy atom. The molecule has 2 heterocycles. The molecule has 0 radical (unpaired) electrons. The number of imidazole rings is 1. The third-order valence-electron chi connectivity index (χ3n) is 3.02. The van der Waals surface area contributed by atoms with Gasteiger partial charge >= 0.3 is 0 Å². The summed E-state index contributed by atoms with van der Waals surface area (Å²) < 4.78 is 8.75. The highest BCUT2D eigenvalue weighted by atomic mass is 79.9. The number of benzene rings is 1. The van der Waals surface area contributed by atoms with Crippen molar-refractivity contribution in [2.24, 2.45) is 0 Å². The van der Waals surface area contributed by atoms with Gasteiger partial charge in [0.2, 0.25) is 0 Å². The molecule has 3 aromatic rings. The molecule has 3 nitrogen and oxygen atoms in total. The van der Waals surface area contributed by atoms with Gasteiger partial charge in [0.05, 0.1) is 23.5 Å². The molecule has 98 valence electrons. The van der Waals surface area contributed by atoms with E-state index in [0.717, 1.165) is 32.9 Å². The van der Waals surface area contributed by atoms with Crippen LogP contribution in [0.25, 0.3) is 11.0 Å². The van der Waals surface area contributed by atoms with Crippen LogP contribution in [0.4, 0.5) is 0 Å². The van der Waals surface area contributed by atoms with Crippen LogP contribution in [-0.4, -0.2) is 9.55 Å². The third kappa shape index (κ3) is 2.42. The maximum atomic E-state index is 5.99. The number of fused-ring (bicyclic) bond motifs is 1. The van der Waals surface area contributed by atoms with Crippen molar-refractivity contribution in [3.05, 3.63) is 52.1 Å². The summed E-state index contributed by atoms with van der Waals surface area (Å²) in [5.74, 6) is 3.05. The average Bonchev–Trinajstić information content (AvgIpc) is 2.94. The van der Waals surface area contributed by atoms with Crippen molar-refractivity contribution in [2.45, 2.75) is 19.3 Å². The van der Waals surface area contributed by atoms with Crippen molar-refractivity contribution in [1.82, 2.24) is 9.55 Å². The number of halogens is 2. The molecule has 5 heteroatoms. The van der Waals surface area contributed by atoms with Gasteiger partial charge in [-0.3, -0.25) is 0 Å². The van der Waals surface area contributed by atoms with Crippen LogP contribution in [0, 0.1) is 6.92 Å². The standard InChI is InChI=1S/C14H12BrClN2O/c1-9-2-4-11(19-9)8-18-13-6-10(15)3-5-12(13)17-14(18)7-16/h2-6H,7-8H2,1H3. The maximum Gasteiger partial charge on any atom is 0.125 e. The minimum atomic E-state index is 0.381. The van der Waals surface area contributed by atoms with Crippen LogP contribution in [0.2, 0.25) is 0 Å². The molecule has 1 aromatic carbocycles. The summed E-state index contributed by atoms with van der Waals surface area (Å²) in [4.78, 5) is 4.54. The van der Waals surface area contributed by atoms with E-state index in [1.807, 2.05) is 37.3 Å². The molecule has 0 aliphatic carbocycles. The van der Waals surface area contributed by atoms with E-state index >= 15 is 0 Å². The van der Waals surface area contributed by atoms with Crippen LogP contribution < -0.4 is 0 Å². The summed E-state index contributed by atoms with van der Waals surface area (Å²) in [7, 11) is 0. The Bertz CT molecular complexity index is 732. The van der Waals surface area contributed by atoms with E-state index in [4.69, 9.17) is 16.0 Å². The van der Waals surface area contributed by atoms with Crippen molar-refractivity contribution in [3.63, 3.8) is 0 Å². The van der Waals surface area contributed by atoms with Gasteiger partial charge in [0.15, 0.2) is 0 Å². The van der Waals surface area contributed by atoms with E-state index in [1.54, 1.807) is 0 Å². The highest BCUT2D eigenvalue weighted by Gasteiger charge is 2.12. The first-order valence-electron chi connectivity index (χ1n) is 5.93. The number of hydrogen-bond donors (Lipinski definition) is 0. The quantitative estimate of drug-likeness (QED) is 0.658. The van der Waals surface area contributed by atoms with Crippen molar-refractivity contribution in [1.29, 1.82) is 0 Å². The first kappa shape index (κ1) is 12.8. The minimum absolute atomic E-state index is 0.381. The van der Waals surface area contributed by atoms with E-state index < -0.39 is 0 Å². The molecule has 0 amide bonds. The fraction of sp³-hybridized carbons (Fsp3) is 0.214. The second-order valence-electron chi connectivity index (χ2n) is 4.39. The van der Waals surface area contributed by atoms with Gasteiger partial charge in [-0.15, -0.1) is 11.6 Å². The van der Waals surface area contributed by atoms with Gasteiger partial charge in [-0.25, -0.2) is 4.98 Å². The van der Waals surface area contributed by atoms with Gasteiger partial charge in [-0.2, -0.15) is 0 Å². The lowest BCUT2D eigenvalue weighted by Crippen LogP contribution is -2.02. The van der Waals surface area contributed by atoms with Gasteiger partial charge < -0.3 is 8.98 Å². The van der Waals surface area contributed by atoms with Gasteiger partial charge in [-0.1, -0.05) is 15.9 Å². The van der Waals surface area contributed by atoms with E-state index in [1.165, 1.54) is 0 Å². The van der Waals surface area contributed by atoms with Crippen LogP contribution in [-0.2, 0) is 12.4 Å². The zero-order valence-electron chi connectivity index (χ0n) is 10.4. The summed E-state index contributed by atoms with van der Waals surface area (Å²) in [6.07, 6.45) is 0. The zero-order valence-corrected chi connectivity index (χ0v) is 12.7. The third-order valence-corrected chi connectivity index (χ3v) is 3.75. The summed E-state index contributed by atoms with van der Waals surface area (Å²) in [6.45, 7) is 2.58. The molecule has 2 aromatic heterocycles. The van der Waals surface area contributed by atoms with Crippen molar-refractivity contribution >= 4 is 38.6 Å². The SMILES string of the molecule is Cc1ccc(Cn2c(CCl)nc3ccc(Br)cc32)o1. The molecule has 0 N–H and O–H groups in total. The number of nitrogens with zero attached hydrogens (tertiary/aromatic N) is 2. The summed E-state index contributed by atoms with van der Waals surface area (Å²) in [5, 5.41) is 0. The van der Waals surface area contributed by atoms with Crippen LogP contribution >= 0.6 is 27.5 Å². The lowest BCUT2D eigenvalue weighted by atomic mass is 10.3. The van der Waals surface area contributed by atoms with E-state index in [-0.39, 0.29) is 0 Å². The number of alkyl halides is 1. The molecule has 0 aliphatic heterocycles. The highest BCUT2D eigenvalue weighted by Crippen LogP contribution is 2.23. The lowest BCUT2D eigenvalue weighted by Gasteiger charge is -2.05. The first-order chi connectivity index (χ1) is 9.17. The largest absolute Gasteiger partial charge is 0.464 e. The van der Waals surface area contributed by atoms with Gasteiger partial charge in [-0.05, 0) is 37.3 Å². The number of rotatable bonds is 3. The molecular weight excluding hydrogens is 328 g/mol. The number of hydrogen-bond acceptors (Lipinski definition) is 2. The van der Waals surface area contributed by atoms with Crippen LogP contribution in [0.3, 0.4) is 0 Å². The maximum absolute atomic E-state index is 5.99. The Labute approximate surface area is 124 Å². The monoisotopic (exact) mass is 338 g/mol. The van der Waals surface area contributed by atoms with Crippen LogP contribution in [0.1, 0.15) is 17.3 Å². The van der Waals surface area contributed by atoms with Crippen molar-refractivity contribution in [2.75, 3.05) is 0 Å². The molecular formula is C14H12BrClN2O. The molecule has 0 unspecified atom stereocenters. The Hall–Kier alpha value is -1.26. The minimum Gasteiger partial charge on any atom is -0.464 e. The highest BCUT2D eigenvalue weighted by molar-refractivity contribution is 9.10. The Morgan fingerprint density at radius 1 is 1.32 bits per heavy atom. The molecule has 19 heavy (non-hydrogen) atoms. The topological polar surface area (TPSA) is 31.0 Å². The van der Waals surface area contributed by atoms with E-state index in [2.05, 4.69) is 25.5 Å². The van der Waals surface area contributed by atoms with Gasteiger partial charge in [0.25, 0.3) is 0 Å². The zero-order chi connectivity index (χ0) is 13.4. The Kier molecular flexibility index (Phi) is 3.37. The van der Waals surface area contributed by atoms with Crippen LogP contribution in [0.15, 0.2) is 39.2 Å². The fourth-order valence-corrected chi connectivity index (χ4v) is 2.70. The summed E-state index contributed by atoms with van der Waals surface area (Å²) >= 11 is 9.48. The smallest absolute Gasteiger partial charge is 0.125 e. The fourth-order valence-electron chi connectivity index (χ4n) is 2.15. The number of aryl methyl sites for hydroxylation is 1. The Morgan fingerprint density at radius 3 is 2.84 bits per heavy atom. The molecule has 3 rings (SSSR count). The molecule has 0 fully saturated rings. The average molecular weight is 340 g/mol. The molecule has 0 aliphatic rings. The molecule has 0 saturated carbocycles. The normalized spacial score (nSPS) is 11.3. The van der Waals surface area contributed by atoms with Gasteiger partial charge in [0, 0.05) is 4.47 Å². The van der Waals surface area contributed by atoms with Crippen molar-refractivity contribution < 1.29 is 4.42 Å².